The van der Waals surface area contributed by atoms with Crippen molar-refractivity contribution in [3.63, 3.8) is 0 Å². The average Bonchev–Trinajstić information content (AvgIpc) is 3.04. The molecule has 1 saturated carbocycles. The number of nitrogens with one attached hydrogen (secondary N) is 1. The standard InChI is InChI=1S/C18H24ClNO/c1-4-18(9-5-6-10-18)15(19)12-7-8-14-13(11-12)17(2,3)16(21)20-14/h7-8,11,15H,4-6,9-10H2,1-3H3,(H,20,21). The second-order valence-corrected chi connectivity index (χ2v) is 7.61. The number of carbonyl (C=O) groups is 1. The van der Waals surface area contributed by atoms with Gasteiger partial charge in [0.25, 0.3) is 0 Å². The highest BCUT2D eigenvalue weighted by Crippen LogP contribution is 2.54. The van der Waals surface area contributed by atoms with Crippen LogP contribution in [0.1, 0.15) is 69.4 Å². The van der Waals surface area contributed by atoms with Crippen LogP contribution < -0.4 is 5.32 Å². The van der Waals surface area contributed by atoms with E-state index in [-0.39, 0.29) is 16.7 Å². The number of rotatable bonds is 3. The van der Waals surface area contributed by atoms with Crippen LogP contribution in [0.15, 0.2) is 18.2 Å². The molecule has 0 saturated heterocycles. The molecule has 1 aromatic carbocycles. The maximum atomic E-state index is 12.1. The van der Waals surface area contributed by atoms with Crippen molar-refractivity contribution in [3.8, 4) is 0 Å². The van der Waals surface area contributed by atoms with E-state index in [1.165, 1.54) is 31.2 Å². The molecule has 1 aliphatic carbocycles. The molecule has 1 heterocycles. The van der Waals surface area contributed by atoms with E-state index < -0.39 is 5.41 Å². The lowest BCUT2D eigenvalue weighted by atomic mass is 9.76. The Labute approximate surface area is 132 Å². The Balaban J connectivity index is 1.98. The zero-order valence-electron chi connectivity index (χ0n) is 13.1. The first-order chi connectivity index (χ1) is 9.90. The fourth-order valence-corrected chi connectivity index (χ4v) is 4.47. The van der Waals surface area contributed by atoms with Gasteiger partial charge in [0.2, 0.25) is 5.91 Å². The monoisotopic (exact) mass is 305 g/mol. The van der Waals surface area contributed by atoms with Gasteiger partial charge in [0.1, 0.15) is 0 Å². The Hall–Kier alpha value is -1.02. The number of anilines is 1. The molecule has 1 fully saturated rings. The average molecular weight is 306 g/mol. The molecule has 114 valence electrons. The Kier molecular flexibility index (Phi) is 3.56. The number of benzene rings is 1. The second-order valence-electron chi connectivity index (χ2n) is 7.17. The van der Waals surface area contributed by atoms with Crippen LogP contribution in [0.2, 0.25) is 0 Å². The highest BCUT2D eigenvalue weighted by molar-refractivity contribution is 6.21. The van der Waals surface area contributed by atoms with Crippen molar-refractivity contribution < 1.29 is 4.79 Å². The van der Waals surface area contributed by atoms with E-state index in [1.807, 2.05) is 19.9 Å². The lowest BCUT2D eigenvalue weighted by Crippen LogP contribution is -2.27. The molecule has 0 aromatic heterocycles. The topological polar surface area (TPSA) is 29.1 Å². The van der Waals surface area contributed by atoms with Gasteiger partial charge in [-0.3, -0.25) is 4.79 Å². The van der Waals surface area contributed by atoms with E-state index in [0.29, 0.717) is 0 Å². The molecule has 2 nitrogen and oxygen atoms in total. The zero-order valence-corrected chi connectivity index (χ0v) is 13.9. The van der Waals surface area contributed by atoms with Gasteiger partial charge in [-0.2, -0.15) is 0 Å². The molecule has 21 heavy (non-hydrogen) atoms. The molecule has 0 radical (unpaired) electrons. The second kappa shape index (κ2) is 5.01. The third kappa shape index (κ3) is 2.19. The number of alkyl halides is 1. The van der Waals surface area contributed by atoms with E-state index in [0.717, 1.165) is 17.7 Å². The quantitative estimate of drug-likeness (QED) is 0.767. The van der Waals surface area contributed by atoms with E-state index in [9.17, 15) is 4.79 Å². The van der Waals surface area contributed by atoms with Crippen LogP contribution in [-0.4, -0.2) is 5.91 Å². The smallest absolute Gasteiger partial charge is 0.234 e. The van der Waals surface area contributed by atoms with E-state index in [4.69, 9.17) is 11.6 Å². The molecule has 3 rings (SSSR count). The normalized spacial score (nSPS) is 23.7. The SMILES string of the molecule is CCC1(C(Cl)c2ccc3c(c2)C(C)(C)C(=O)N3)CCCC1. The lowest BCUT2D eigenvalue weighted by molar-refractivity contribution is -0.119. The molecule has 0 bridgehead atoms. The number of amides is 1. The van der Waals surface area contributed by atoms with Crippen LogP contribution in [0, 0.1) is 5.41 Å². The Morgan fingerprint density at radius 2 is 1.95 bits per heavy atom. The van der Waals surface area contributed by atoms with Gasteiger partial charge in [-0.25, -0.2) is 0 Å². The Morgan fingerprint density at radius 1 is 1.29 bits per heavy atom. The summed E-state index contributed by atoms with van der Waals surface area (Å²) in [5.41, 5.74) is 2.96. The summed E-state index contributed by atoms with van der Waals surface area (Å²) < 4.78 is 0. The van der Waals surface area contributed by atoms with Crippen LogP contribution >= 0.6 is 11.6 Å². The van der Waals surface area contributed by atoms with Crippen LogP contribution in [0.4, 0.5) is 5.69 Å². The van der Waals surface area contributed by atoms with Crippen molar-refractivity contribution in [1.82, 2.24) is 0 Å². The van der Waals surface area contributed by atoms with Gasteiger partial charge in [0.05, 0.1) is 10.8 Å². The van der Waals surface area contributed by atoms with Gasteiger partial charge in [-0.15, -0.1) is 11.6 Å². The third-order valence-electron chi connectivity index (χ3n) is 5.67. The number of fused-ring (bicyclic) bond motifs is 1. The van der Waals surface area contributed by atoms with Gasteiger partial charge < -0.3 is 5.32 Å². The highest BCUT2D eigenvalue weighted by atomic mass is 35.5. The molecule has 1 aliphatic heterocycles. The number of hydrogen-bond donors (Lipinski definition) is 1. The summed E-state index contributed by atoms with van der Waals surface area (Å²) in [5, 5.41) is 3.01. The summed E-state index contributed by atoms with van der Waals surface area (Å²) in [6.45, 7) is 6.21. The largest absolute Gasteiger partial charge is 0.325 e. The van der Waals surface area contributed by atoms with Crippen LogP contribution in [0.5, 0.6) is 0 Å². The van der Waals surface area contributed by atoms with Crippen molar-refractivity contribution in [2.75, 3.05) is 5.32 Å². The minimum absolute atomic E-state index is 0.0433. The van der Waals surface area contributed by atoms with E-state index in [2.05, 4.69) is 24.4 Å². The molecule has 0 spiro atoms. The van der Waals surface area contributed by atoms with E-state index >= 15 is 0 Å². The molecular formula is C18H24ClNO. The summed E-state index contributed by atoms with van der Waals surface area (Å²) in [7, 11) is 0. The highest BCUT2D eigenvalue weighted by Gasteiger charge is 2.42. The van der Waals surface area contributed by atoms with Gasteiger partial charge in [-0.1, -0.05) is 31.9 Å². The lowest BCUT2D eigenvalue weighted by Gasteiger charge is -2.33. The maximum absolute atomic E-state index is 12.1. The van der Waals surface area contributed by atoms with Gasteiger partial charge >= 0.3 is 0 Å². The van der Waals surface area contributed by atoms with Gasteiger partial charge in [0, 0.05) is 5.69 Å². The minimum Gasteiger partial charge on any atom is -0.325 e. The van der Waals surface area contributed by atoms with Crippen molar-refractivity contribution >= 4 is 23.2 Å². The fraction of sp³-hybridized carbons (Fsp3) is 0.611. The summed E-state index contributed by atoms with van der Waals surface area (Å²) >= 11 is 6.90. The first-order valence-corrected chi connectivity index (χ1v) is 8.44. The molecular weight excluding hydrogens is 282 g/mol. The first-order valence-electron chi connectivity index (χ1n) is 8.01. The van der Waals surface area contributed by atoms with Crippen LogP contribution in [0.3, 0.4) is 0 Å². The molecule has 2 aliphatic rings. The van der Waals surface area contributed by atoms with Crippen molar-refractivity contribution in [3.05, 3.63) is 29.3 Å². The van der Waals surface area contributed by atoms with Crippen LogP contribution in [0.25, 0.3) is 0 Å². The molecule has 1 aromatic rings. The summed E-state index contributed by atoms with van der Waals surface area (Å²) in [4.78, 5) is 12.1. The summed E-state index contributed by atoms with van der Waals surface area (Å²) in [5.74, 6) is 0.0758. The predicted octanol–water partition coefficient (Wildman–Crippen LogP) is 5.17. The molecule has 1 amide bonds. The first kappa shape index (κ1) is 14.9. The summed E-state index contributed by atoms with van der Waals surface area (Å²) in [6, 6.07) is 6.26. The van der Waals surface area contributed by atoms with Crippen molar-refractivity contribution in [2.45, 2.75) is 63.7 Å². The van der Waals surface area contributed by atoms with Gasteiger partial charge in [0.15, 0.2) is 0 Å². The predicted molar refractivity (Wildman–Crippen MR) is 87.9 cm³/mol. The van der Waals surface area contributed by atoms with Crippen molar-refractivity contribution in [1.29, 1.82) is 0 Å². The molecule has 1 N–H and O–H groups in total. The summed E-state index contributed by atoms with van der Waals surface area (Å²) in [6.07, 6.45) is 6.13. The van der Waals surface area contributed by atoms with Crippen molar-refractivity contribution in [2.24, 2.45) is 5.41 Å². The maximum Gasteiger partial charge on any atom is 0.234 e. The zero-order chi connectivity index (χ0) is 15.3. The molecule has 1 atom stereocenters. The number of carbonyl (C=O) groups excluding carboxylic acids is 1. The number of hydrogen-bond acceptors (Lipinski definition) is 1. The van der Waals surface area contributed by atoms with Crippen LogP contribution in [-0.2, 0) is 10.2 Å². The Bertz CT molecular complexity index is 573. The molecule has 3 heteroatoms. The third-order valence-corrected chi connectivity index (χ3v) is 6.38. The Morgan fingerprint density at radius 3 is 2.57 bits per heavy atom. The number of halogens is 1. The minimum atomic E-state index is -0.461. The van der Waals surface area contributed by atoms with Gasteiger partial charge in [-0.05, 0) is 55.7 Å². The van der Waals surface area contributed by atoms with E-state index in [1.54, 1.807) is 0 Å². The fourth-order valence-electron chi connectivity index (χ4n) is 3.97. The molecule has 1 unspecified atom stereocenters.